The van der Waals surface area contributed by atoms with Gasteiger partial charge in [-0.15, -0.1) is 0 Å². The molecule has 7 nitrogen and oxygen atoms in total. The van der Waals surface area contributed by atoms with Crippen molar-refractivity contribution in [3.63, 3.8) is 0 Å². The topological polar surface area (TPSA) is 91.5 Å². The molecule has 2 aromatic carbocycles. The zero-order valence-corrected chi connectivity index (χ0v) is 14.8. The first-order chi connectivity index (χ1) is 13.0. The van der Waals surface area contributed by atoms with Crippen molar-refractivity contribution >= 4 is 11.8 Å². The second kappa shape index (κ2) is 8.61. The fraction of sp³-hybridized carbons (Fsp3) is 0.263. The third kappa shape index (κ3) is 4.81. The van der Waals surface area contributed by atoms with Gasteiger partial charge in [-0.2, -0.15) is 0 Å². The van der Waals surface area contributed by atoms with Crippen LogP contribution in [0.1, 0.15) is 17.2 Å². The van der Waals surface area contributed by atoms with E-state index in [2.05, 4.69) is 21.7 Å². The van der Waals surface area contributed by atoms with Crippen molar-refractivity contribution in [2.24, 2.45) is 5.92 Å². The van der Waals surface area contributed by atoms with E-state index in [1.807, 2.05) is 25.1 Å². The summed E-state index contributed by atoms with van der Waals surface area (Å²) in [7, 11) is 0. The van der Waals surface area contributed by atoms with Gasteiger partial charge in [0.1, 0.15) is 11.6 Å². The Hall–Kier alpha value is -2.97. The zero-order valence-electron chi connectivity index (χ0n) is 14.8. The summed E-state index contributed by atoms with van der Waals surface area (Å²) in [6, 6.07) is 12.9. The summed E-state index contributed by atoms with van der Waals surface area (Å²) in [5, 5.41) is 0. The lowest BCUT2D eigenvalue weighted by atomic mass is 9.94. The molecule has 8 heteroatoms. The zero-order chi connectivity index (χ0) is 19.2. The minimum atomic E-state index is -0.469. The molecule has 0 saturated carbocycles. The van der Waals surface area contributed by atoms with Crippen LogP contribution in [0.15, 0.2) is 48.5 Å². The number of halogens is 1. The van der Waals surface area contributed by atoms with Crippen LogP contribution >= 0.6 is 0 Å². The second-order valence-electron chi connectivity index (χ2n) is 6.25. The highest BCUT2D eigenvalue weighted by molar-refractivity contribution is 5.84. The van der Waals surface area contributed by atoms with Crippen molar-refractivity contribution < 1.29 is 18.7 Å². The molecule has 2 atom stereocenters. The first-order valence-electron chi connectivity index (χ1n) is 8.55. The third-order valence-electron chi connectivity index (χ3n) is 4.33. The van der Waals surface area contributed by atoms with Gasteiger partial charge in [0.2, 0.25) is 5.91 Å². The number of aryl methyl sites for hydroxylation is 1. The highest BCUT2D eigenvalue weighted by Crippen LogP contribution is 2.25. The number of para-hydroxylation sites is 1. The summed E-state index contributed by atoms with van der Waals surface area (Å²) >= 11 is 0. The van der Waals surface area contributed by atoms with Crippen molar-refractivity contribution in [1.29, 1.82) is 0 Å². The summed E-state index contributed by atoms with van der Waals surface area (Å²) in [6.45, 7) is 2.04. The molecule has 2 amide bonds. The van der Waals surface area contributed by atoms with E-state index < -0.39 is 11.8 Å². The molecule has 2 unspecified atom stereocenters. The average Bonchev–Trinajstić information content (AvgIpc) is 3.16. The van der Waals surface area contributed by atoms with E-state index in [9.17, 15) is 14.0 Å². The van der Waals surface area contributed by atoms with Crippen LogP contribution in [-0.2, 0) is 9.59 Å². The smallest absolute Gasteiger partial charge is 0.276 e. The maximum Gasteiger partial charge on any atom is 0.276 e. The summed E-state index contributed by atoms with van der Waals surface area (Å²) in [5.41, 5.74) is 12.4. The Morgan fingerprint density at radius 1 is 1.15 bits per heavy atom. The number of rotatable bonds is 5. The van der Waals surface area contributed by atoms with Gasteiger partial charge in [0.25, 0.3) is 5.91 Å². The number of ether oxygens (including phenoxy) is 1. The molecule has 3 rings (SSSR count). The summed E-state index contributed by atoms with van der Waals surface area (Å²) in [5.74, 6) is -1.02. The van der Waals surface area contributed by atoms with Gasteiger partial charge >= 0.3 is 0 Å². The largest absolute Gasteiger partial charge is 0.483 e. The standard InChI is InChI=1S/C19H21FN4O3/c1-12-4-2-3-5-16(12)27-11-17(25)22-24-19(26)15-10-21-23-18(15)13-6-8-14(20)9-7-13/h2-9,15,18,21,23H,10-11H2,1H3,(H,22,25)(H,24,26). The van der Waals surface area contributed by atoms with Gasteiger partial charge in [-0.05, 0) is 36.2 Å². The maximum absolute atomic E-state index is 13.1. The van der Waals surface area contributed by atoms with Gasteiger partial charge in [-0.3, -0.25) is 25.9 Å². The maximum atomic E-state index is 13.1. The summed E-state index contributed by atoms with van der Waals surface area (Å²) in [4.78, 5) is 24.3. The molecule has 1 aliphatic heterocycles. The van der Waals surface area contributed by atoms with Crippen LogP contribution in [-0.4, -0.2) is 25.0 Å². The normalized spacial score (nSPS) is 18.7. The molecule has 1 fully saturated rings. The van der Waals surface area contributed by atoms with Crippen molar-refractivity contribution in [3.8, 4) is 5.75 Å². The fourth-order valence-electron chi connectivity index (χ4n) is 2.85. The number of nitrogens with one attached hydrogen (secondary N) is 4. The Morgan fingerprint density at radius 2 is 1.89 bits per heavy atom. The van der Waals surface area contributed by atoms with Gasteiger partial charge in [-0.1, -0.05) is 30.3 Å². The van der Waals surface area contributed by atoms with Crippen LogP contribution in [0.25, 0.3) is 0 Å². The van der Waals surface area contributed by atoms with Gasteiger partial charge in [0.05, 0.1) is 12.0 Å². The number of carbonyl (C=O) groups is 2. The SMILES string of the molecule is Cc1ccccc1OCC(=O)NNC(=O)C1CNNC1c1ccc(F)cc1. The molecule has 142 valence electrons. The van der Waals surface area contributed by atoms with E-state index >= 15 is 0 Å². The number of carbonyl (C=O) groups excluding carboxylic acids is 2. The predicted molar refractivity (Wildman–Crippen MR) is 96.7 cm³/mol. The summed E-state index contributed by atoms with van der Waals surface area (Å²) in [6.07, 6.45) is 0. The van der Waals surface area contributed by atoms with Crippen LogP contribution < -0.4 is 26.4 Å². The van der Waals surface area contributed by atoms with Crippen LogP contribution in [0.5, 0.6) is 5.75 Å². The Labute approximate surface area is 156 Å². The highest BCUT2D eigenvalue weighted by atomic mass is 19.1. The van der Waals surface area contributed by atoms with Crippen LogP contribution in [0.3, 0.4) is 0 Å². The first-order valence-corrected chi connectivity index (χ1v) is 8.55. The molecular weight excluding hydrogens is 351 g/mol. The fourth-order valence-corrected chi connectivity index (χ4v) is 2.85. The molecule has 2 aromatic rings. The number of hydrazine groups is 2. The van der Waals surface area contributed by atoms with Gasteiger partial charge in [0, 0.05) is 6.54 Å². The molecule has 0 bridgehead atoms. The van der Waals surface area contributed by atoms with E-state index in [-0.39, 0.29) is 24.4 Å². The third-order valence-corrected chi connectivity index (χ3v) is 4.33. The molecule has 1 heterocycles. The molecule has 1 saturated heterocycles. The number of benzene rings is 2. The Morgan fingerprint density at radius 3 is 2.63 bits per heavy atom. The summed E-state index contributed by atoms with van der Waals surface area (Å²) < 4.78 is 18.5. The number of hydrogen-bond acceptors (Lipinski definition) is 5. The molecule has 27 heavy (non-hydrogen) atoms. The molecule has 0 radical (unpaired) electrons. The van der Waals surface area contributed by atoms with E-state index in [0.717, 1.165) is 11.1 Å². The monoisotopic (exact) mass is 372 g/mol. The van der Waals surface area contributed by atoms with Crippen molar-refractivity contribution in [2.45, 2.75) is 13.0 Å². The van der Waals surface area contributed by atoms with E-state index in [1.54, 1.807) is 18.2 Å². The first kappa shape index (κ1) is 18.8. The van der Waals surface area contributed by atoms with Crippen LogP contribution in [0.4, 0.5) is 4.39 Å². The lowest BCUT2D eigenvalue weighted by Gasteiger charge is -2.18. The lowest BCUT2D eigenvalue weighted by Crippen LogP contribution is -2.47. The Kier molecular flexibility index (Phi) is 6.00. The van der Waals surface area contributed by atoms with Crippen molar-refractivity contribution in [2.75, 3.05) is 13.2 Å². The quantitative estimate of drug-likeness (QED) is 0.591. The molecular formula is C19H21FN4O3. The molecule has 1 aliphatic rings. The average molecular weight is 372 g/mol. The molecule has 0 spiro atoms. The predicted octanol–water partition coefficient (Wildman–Crippen LogP) is 1.13. The van der Waals surface area contributed by atoms with Gasteiger partial charge in [-0.25, -0.2) is 9.82 Å². The van der Waals surface area contributed by atoms with E-state index in [0.29, 0.717) is 12.3 Å². The van der Waals surface area contributed by atoms with Crippen LogP contribution in [0.2, 0.25) is 0 Å². The molecule has 0 aromatic heterocycles. The number of amides is 2. The minimum Gasteiger partial charge on any atom is -0.483 e. The van der Waals surface area contributed by atoms with Crippen molar-refractivity contribution in [3.05, 3.63) is 65.5 Å². The minimum absolute atomic E-state index is 0.215. The van der Waals surface area contributed by atoms with Gasteiger partial charge < -0.3 is 4.74 Å². The van der Waals surface area contributed by atoms with E-state index in [4.69, 9.17) is 4.74 Å². The van der Waals surface area contributed by atoms with Gasteiger partial charge in [0.15, 0.2) is 6.61 Å². The van der Waals surface area contributed by atoms with Crippen LogP contribution in [0, 0.1) is 18.7 Å². The second-order valence-corrected chi connectivity index (χ2v) is 6.25. The Balaban J connectivity index is 1.50. The highest BCUT2D eigenvalue weighted by Gasteiger charge is 2.34. The molecule has 4 N–H and O–H groups in total. The van der Waals surface area contributed by atoms with Crippen molar-refractivity contribution in [1.82, 2.24) is 21.7 Å². The van der Waals surface area contributed by atoms with E-state index in [1.165, 1.54) is 12.1 Å². The molecule has 0 aliphatic carbocycles. The Bertz CT molecular complexity index is 813. The lowest BCUT2D eigenvalue weighted by molar-refractivity contribution is -0.132. The number of hydrogen-bond donors (Lipinski definition) is 4.